The maximum absolute atomic E-state index is 13.0. The van der Waals surface area contributed by atoms with E-state index < -0.39 is 0 Å². The van der Waals surface area contributed by atoms with Crippen LogP contribution >= 0.6 is 0 Å². The average molecular weight is 413 g/mol. The van der Waals surface area contributed by atoms with E-state index in [0.717, 1.165) is 36.8 Å². The molecule has 5 rings (SSSR count). The fraction of sp³-hybridized carbons (Fsp3) is 0.565. The lowest BCUT2D eigenvalue weighted by Crippen LogP contribution is -2.32. The van der Waals surface area contributed by atoms with Crippen LogP contribution in [0.5, 0.6) is 11.6 Å². The first kappa shape index (κ1) is 19.7. The van der Waals surface area contributed by atoms with Gasteiger partial charge in [0.2, 0.25) is 5.88 Å². The summed E-state index contributed by atoms with van der Waals surface area (Å²) in [6.07, 6.45) is 4.83. The van der Waals surface area contributed by atoms with Crippen molar-refractivity contribution in [2.45, 2.75) is 31.7 Å². The minimum absolute atomic E-state index is 0.291. The van der Waals surface area contributed by atoms with E-state index in [2.05, 4.69) is 20.4 Å². The Balaban J connectivity index is 1.09. The van der Waals surface area contributed by atoms with Crippen molar-refractivity contribution in [1.82, 2.24) is 15.1 Å². The second-order valence-electron chi connectivity index (χ2n) is 8.92. The van der Waals surface area contributed by atoms with E-state index >= 15 is 0 Å². The smallest absolute Gasteiger partial charge is 0.238 e. The van der Waals surface area contributed by atoms with Crippen LogP contribution in [0.25, 0.3) is 0 Å². The van der Waals surface area contributed by atoms with Crippen LogP contribution in [0.2, 0.25) is 0 Å². The van der Waals surface area contributed by atoms with Crippen molar-refractivity contribution in [3.63, 3.8) is 0 Å². The minimum atomic E-state index is -0.291. The molecule has 6 nitrogen and oxygen atoms in total. The predicted octanol–water partition coefficient (Wildman–Crippen LogP) is 3.96. The standard InChI is InChI=1S/C23H29FN4O2/c24-19-1-3-21(4-2-19)30-23-6-5-22(26-27-23)25-20-11-17-14-28(15-18(17)12-20)13-16-7-9-29-10-8-16/h1-6,16-18,20H,7-15H2,(H,25,26)/t17-,18+,20?. The number of anilines is 1. The van der Waals surface area contributed by atoms with Crippen LogP contribution < -0.4 is 10.1 Å². The second-order valence-corrected chi connectivity index (χ2v) is 8.92. The molecule has 1 N–H and O–H groups in total. The zero-order valence-electron chi connectivity index (χ0n) is 17.2. The number of aromatic nitrogens is 2. The number of nitrogens with zero attached hydrogens (tertiary/aromatic N) is 3. The van der Waals surface area contributed by atoms with E-state index in [-0.39, 0.29) is 5.82 Å². The molecule has 2 saturated heterocycles. The maximum atomic E-state index is 13.0. The molecule has 0 amide bonds. The molecule has 0 spiro atoms. The Kier molecular flexibility index (Phi) is 5.82. The molecule has 30 heavy (non-hydrogen) atoms. The van der Waals surface area contributed by atoms with Crippen molar-refractivity contribution in [3.8, 4) is 11.6 Å². The fourth-order valence-corrected chi connectivity index (χ4v) is 5.24. The fourth-order valence-electron chi connectivity index (χ4n) is 5.24. The van der Waals surface area contributed by atoms with Gasteiger partial charge in [0.1, 0.15) is 17.4 Å². The zero-order valence-corrected chi connectivity index (χ0v) is 17.2. The quantitative estimate of drug-likeness (QED) is 0.775. The Labute approximate surface area is 176 Å². The lowest BCUT2D eigenvalue weighted by Gasteiger charge is -2.27. The molecule has 160 valence electrons. The second kappa shape index (κ2) is 8.86. The van der Waals surface area contributed by atoms with E-state index in [1.165, 1.54) is 57.5 Å². The molecule has 7 heteroatoms. The van der Waals surface area contributed by atoms with Crippen molar-refractivity contribution in [3.05, 3.63) is 42.2 Å². The molecule has 2 aromatic rings. The Hall–Kier alpha value is -2.25. The number of fused-ring (bicyclic) bond motifs is 1. The van der Waals surface area contributed by atoms with Crippen molar-refractivity contribution in [1.29, 1.82) is 0 Å². The molecule has 3 fully saturated rings. The van der Waals surface area contributed by atoms with Gasteiger partial charge in [0, 0.05) is 45.0 Å². The maximum Gasteiger partial charge on any atom is 0.238 e. The number of hydrogen-bond donors (Lipinski definition) is 1. The van der Waals surface area contributed by atoms with Crippen LogP contribution in [-0.2, 0) is 4.74 Å². The average Bonchev–Trinajstić information content (AvgIpc) is 3.30. The topological polar surface area (TPSA) is 59.5 Å². The van der Waals surface area contributed by atoms with E-state index in [0.29, 0.717) is 17.7 Å². The number of nitrogens with one attached hydrogen (secondary N) is 1. The number of halogens is 1. The molecule has 1 unspecified atom stereocenters. The van der Waals surface area contributed by atoms with Gasteiger partial charge in [-0.2, -0.15) is 0 Å². The number of hydrogen-bond acceptors (Lipinski definition) is 6. The molecule has 2 aliphatic heterocycles. The van der Waals surface area contributed by atoms with E-state index in [1.807, 2.05) is 6.07 Å². The molecular formula is C23H29FN4O2. The third-order valence-electron chi connectivity index (χ3n) is 6.71. The van der Waals surface area contributed by atoms with Crippen LogP contribution in [0.1, 0.15) is 25.7 Å². The van der Waals surface area contributed by atoms with Gasteiger partial charge in [-0.25, -0.2) is 4.39 Å². The summed E-state index contributed by atoms with van der Waals surface area (Å²) in [4.78, 5) is 2.68. The van der Waals surface area contributed by atoms with Crippen LogP contribution in [0, 0.1) is 23.6 Å². The van der Waals surface area contributed by atoms with Gasteiger partial charge in [0.15, 0.2) is 0 Å². The first-order chi connectivity index (χ1) is 14.7. The van der Waals surface area contributed by atoms with Crippen molar-refractivity contribution < 1.29 is 13.9 Å². The summed E-state index contributed by atoms with van der Waals surface area (Å²) in [6.45, 7) is 5.58. The van der Waals surface area contributed by atoms with E-state index in [1.54, 1.807) is 18.2 Å². The van der Waals surface area contributed by atoms with Gasteiger partial charge in [-0.15, -0.1) is 10.2 Å². The summed E-state index contributed by atoms with van der Waals surface area (Å²) in [7, 11) is 0. The van der Waals surface area contributed by atoms with Crippen molar-refractivity contribution in [2.75, 3.05) is 38.2 Å². The largest absolute Gasteiger partial charge is 0.438 e. The highest BCUT2D eigenvalue weighted by molar-refractivity contribution is 5.37. The summed E-state index contributed by atoms with van der Waals surface area (Å²) < 4.78 is 24.1. The third-order valence-corrected chi connectivity index (χ3v) is 6.71. The highest BCUT2D eigenvalue weighted by Gasteiger charge is 2.41. The highest BCUT2D eigenvalue weighted by Crippen LogP contribution is 2.39. The van der Waals surface area contributed by atoms with E-state index in [4.69, 9.17) is 9.47 Å². The molecule has 1 aliphatic carbocycles. The summed E-state index contributed by atoms with van der Waals surface area (Å²) >= 11 is 0. The first-order valence-corrected chi connectivity index (χ1v) is 11.0. The lowest BCUT2D eigenvalue weighted by molar-refractivity contribution is 0.0545. The normalized spacial score (nSPS) is 27.2. The molecule has 1 saturated carbocycles. The number of likely N-dealkylation sites (tertiary alicyclic amines) is 1. The van der Waals surface area contributed by atoms with Gasteiger partial charge in [0.05, 0.1) is 0 Å². The molecule has 0 bridgehead atoms. The number of benzene rings is 1. The lowest BCUT2D eigenvalue weighted by atomic mass is 10.00. The highest BCUT2D eigenvalue weighted by atomic mass is 19.1. The Bertz CT molecular complexity index is 812. The molecule has 1 aromatic heterocycles. The van der Waals surface area contributed by atoms with Crippen molar-refractivity contribution in [2.24, 2.45) is 17.8 Å². The SMILES string of the molecule is Fc1ccc(Oc2ccc(NC3C[C@@H]4CN(CC5CCOCC5)C[C@@H]4C3)nn2)cc1. The van der Waals surface area contributed by atoms with Gasteiger partial charge >= 0.3 is 0 Å². The Morgan fingerprint density at radius 3 is 2.40 bits per heavy atom. The summed E-state index contributed by atoms with van der Waals surface area (Å²) in [5, 5.41) is 12.0. The third kappa shape index (κ3) is 4.73. The van der Waals surface area contributed by atoms with Gasteiger partial charge < -0.3 is 19.7 Å². The number of ether oxygens (including phenoxy) is 2. The van der Waals surface area contributed by atoms with E-state index in [9.17, 15) is 4.39 Å². The van der Waals surface area contributed by atoms with Gasteiger partial charge in [-0.05, 0) is 73.8 Å². The van der Waals surface area contributed by atoms with Crippen molar-refractivity contribution >= 4 is 5.82 Å². The summed E-state index contributed by atoms with van der Waals surface area (Å²) in [6, 6.07) is 10.0. The molecule has 3 atom stereocenters. The van der Waals surface area contributed by atoms with Crippen LogP contribution in [-0.4, -0.2) is 54.0 Å². The monoisotopic (exact) mass is 412 g/mol. The van der Waals surface area contributed by atoms with Crippen LogP contribution in [0.15, 0.2) is 36.4 Å². The van der Waals surface area contributed by atoms with Gasteiger partial charge in [0.25, 0.3) is 0 Å². The van der Waals surface area contributed by atoms with Crippen LogP contribution in [0.4, 0.5) is 10.2 Å². The summed E-state index contributed by atoms with van der Waals surface area (Å²) in [5.74, 6) is 3.83. The molecule has 3 heterocycles. The minimum Gasteiger partial charge on any atom is -0.438 e. The number of rotatable bonds is 6. The van der Waals surface area contributed by atoms with Gasteiger partial charge in [-0.1, -0.05) is 0 Å². The Morgan fingerprint density at radius 1 is 1.00 bits per heavy atom. The Morgan fingerprint density at radius 2 is 1.73 bits per heavy atom. The summed E-state index contributed by atoms with van der Waals surface area (Å²) in [5.41, 5.74) is 0. The molecular weight excluding hydrogens is 383 g/mol. The molecule has 3 aliphatic rings. The zero-order chi connectivity index (χ0) is 20.3. The van der Waals surface area contributed by atoms with Crippen LogP contribution in [0.3, 0.4) is 0 Å². The predicted molar refractivity (Wildman–Crippen MR) is 112 cm³/mol. The first-order valence-electron chi connectivity index (χ1n) is 11.0. The van der Waals surface area contributed by atoms with Gasteiger partial charge in [-0.3, -0.25) is 0 Å². The molecule has 0 radical (unpaired) electrons. The molecule has 1 aromatic carbocycles.